The Kier molecular flexibility index (Phi) is 5.03. The average Bonchev–Trinajstić information content (AvgIpc) is 2.95. The summed E-state index contributed by atoms with van der Waals surface area (Å²) in [4.78, 5) is 27.1. The first-order valence-corrected chi connectivity index (χ1v) is 8.99. The zero-order valence-corrected chi connectivity index (χ0v) is 14.5. The fourth-order valence-electron chi connectivity index (χ4n) is 1.96. The highest BCUT2D eigenvalue weighted by atomic mass is 35.5. The van der Waals surface area contributed by atoms with E-state index in [-0.39, 0.29) is 17.2 Å². The number of nitrogens with one attached hydrogen (secondary N) is 1. The average molecular weight is 378 g/mol. The number of aromatic carboxylic acids is 1. The molecular formula is C16H10ClN2O3S2-. The molecule has 0 saturated heterocycles. The number of thiazole rings is 1. The Morgan fingerprint density at radius 2 is 1.96 bits per heavy atom. The monoisotopic (exact) mass is 377 g/mol. The zero-order chi connectivity index (χ0) is 17.1. The predicted octanol–water partition coefficient (Wildman–Crippen LogP) is 3.04. The third-order valence-electron chi connectivity index (χ3n) is 3.06. The second kappa shape index (κ2) is 7.21. The molecule has 0 saturated carbocycles. The maximum Gasteiger partial charge on any atom is 0.234 e. The molecule has 1 N–H and O–H groups in total. The molecule has 0 unspecified atom stereocenters. The normalized spacial score (nSPS) is 10.7. The number of anilines is 1. The van der Waals surface area contributed by atoms with Crippen LogP contribution in [0.5, 0.6) is 0 Å². The topological polar surface area (TPSA) is 82.1 Å². The van der Waals surface area contributed by atoms with Gasteiger partial charge in [-0.1, -0.05) is 35.5 Å². The molecule has 0 fully saturated rings. The molecule has 2 aromatic carbocycles. The molecule has 0 aliphatic heterocycles. The number of hydrogen-bond donors (Lipinski definition) is 1. The van der Waals surface area contributed by atoms with Gasteiger partial charge in [-0.25, -0.2) is 4.98 Å². The Bertz CT molecular complexity index is 909. The molecule has 0 bridgehead atoms. The highest BCUT2D eigenvalue weighted by Crippen LogP contribution is 2.31. The summed E-state index contributed by atoms with van der Waals surface area (Å²) in [6.45, 7) is 0. The molecule has 3 aromatic rings. The predicted molar refractivity (Wildman–Crippen MR) is 94.8 cm³/mol. The van der Waals surface area contributed by atoms with Gasteiger partial charge in [0.2, 0.25) is 5.91 Å². The van der Waals surface area contributed by atoms with Crippen molar-refractivity contribution < 1.29 is 14.7 Å². The number of aromatic nitrogens is 1. The van der Waals surface area contributed by atoms with Crippen molar-refractivity contribution in [2.24, 2.45) is 0 Å². The third kappa shape index (κ3) is 4.05. The van der Waals surface area contributed by atoms with Gasteiger partial charge in [0.15, 0.2) is 4.34 Å². The van der Waals surface area contributed by atoms with Crippen LogP contribution in [-0.2, 0) is 4.79 Å². The van der Waals surface area contributed by atoms with Crippen LogP contribution in [0.15, 0.2) is 46.8 Å². The molecule has 1 heterocycles. The number of thioether (sulfide) groups is 1. The fourth-order valence-corrected chi connectivity index (χ4v) is 3.97. The summed E-state index contributed by atoms with van der Waals surface area (Å²) in [6.07, 6.45) is 0. The minimum atomic E-state index is -1.25. The van der Waals surface area contributed by atoms with E-state index < -0.39 is 5.97 Å². The molecule has 3 rings (SSSR count). The summed E-state index contributed by atoms with van der Waals surface area (Å²) in [5, 5.41) is 14.0. The van der Waals surface area contributed by atoms with E-state index in [0.29, 0.717) is 10.7 Å². The van der Waals surface area contributed by atoms with Gasteiger partial charge in [-0.15, -0.1) is 11.3 Å². The lowest BCUT2D eigenvalue weighted by atomic mass is 10.2. The molecule has 1 aromatic heterocycles. The third-order valence-corrected chi connectivity index (χ3v) is 5.48. The number of halogens is 1. The van der Waals surface area contributed by atoms with Crippen LogP contribution in [-0.4, -0.2) is 22.6 Å². The van der Waals surface area contributed by atoms with Crippen molar-refractivity contribution in [1.82, 2.24) is 4.98 Å². The number of carbonyl (C=O) groups excluding carboxylic acids is 2. The molecule has 5 nitrogen and oxygen atoms in total. The van der Waals surface area contributed by atoms with Crippen molar-refractivity contribution in [2.75, 3.05) is 11.1 Å². The van der Waals surface area contributed by atoms with E-state index in [1.165, 1.54) is 47.4 Å². The second-order valence-corrected chi connectivity index (χ2v) is 7.48. The van der Waals surface area contributed by atoms with Gasteiger partial charge in [-0.05, 0) is 35.9 Å². The van der Waals surface area contributed by atoms with Gasteiger partial charge in [0.25, 0.3) is 0 Å². The van der Waals surface area contributed by atoms with Crippen molar-refractivity contribution in [3.05, 3.63) is 53.1 Å². The standard InChI is InChI=1S/C16H11ClN2O3S2/c17-10-3-6-13-12(7-10)19-16(24-13)23-8-14(20)18-11-4-1-9(2-5-11)15(21)22/h1-7H,8H2,(H,18,20)(H,21,22)/p-1. The molecule has 0 atom stereocenters. The molecule has 0 spiro atoms. The van der Waals surface area contributed by atoms with Gasteiger partial charge < -0.3 is 15.2 Å². The maximum absolute atomic E-state index is 12.0. The largest absolute Gasteiger partial charge is 0.545 e. The molecule has 8 heteroatoms. The summed E-state index contributed by atoms with van der Waals surface area (Å²) < 4.78 is 1.80. The van der Waals surface area contributed by atoms with E-state index in [0.717, 1.165) is 14.6 Å². The van der Waals surface area contributed by atoms with Gasteiger partial charge >= 0.3 is 0 Å². The van der Waals surface area contributed by atoms with Crippen molar-refractivity contribution >= 4 is 62.5 Å². The maximum atomic E-state index is 12.0. The zero-order valence-electron chi connectivity index (χ0n) is 12.1. The van der Waals surface area contributed by atoms with Crippen molar-refractivity contribution in [1.29, 1.82) is 0 Å². The molecular weight excluding hydrogens is 368 g/mol. The van der Waals surface area contributed by atoms with Gasteiger partial charge in [-0.2, -0.15) is 0 Å². The summed E-state index contributed by atoms with van der Waals surface area (Å²) in [5.41, 5.74) is 1.41. The molecule has 24 heavy (non-hydrogen) atoms. The number of amides is 1. The minimum absolute atomic E-state index is 0.0653. The van der Waals surface area contributed by atoms with Crippen LogP contribution in [0.4, 0.5) is 5.69 Å². The number of carbonyl (C=O) groups is 2. The Balaban J connectivity index is 1.59. The lowest BCUT2D eigenvalue weighted by Crippen LogP contribution is -2.22. The number of rotatable bonds is 5. The van der Waals surface area contributed by atoms with Gasteiger partial charge in [0, 0.05) is 10.7 Å². The van der Waals surface area contributed by atoms with Gasteiger partial charge in [0.05, 0.1) is 21.9 Å². The quantitative estimate of drug-likeness (QED) is 0.691. The van der Waals surface area contributed by atoms with E-state index >= 15 is 0 Å². The molecule has 0 radical (unpaired) electrons. The first kappa shape index (κ1) is 16.8. The number of benzene rings is 2. The highest BCUT2D eigenvalue weighted by Gasteiger charge is 2.08. The van der Waals surface area contributed by atoms with Crippen molar-refractivity contribution in [3.8, 4) is 0 Å². The Morgan fingerprint density at radius 1 is 1.21 bits per heavy atom. The molecule has 0 aliphatic carbocycles. The van der Waals surface area contributed by atoms with E-state index in [9.17, 15) is 14.7 Å². The van der Waals surface area contributed by atoms with Crippen LogP contribution in [0.2, 0.25) is 5.02 Å². The number of hydrogen-bond acceptors (Lipinski definition) is 6. The van der Waals surface area contributed by atoms with Gasteiger partial charge in [-0.3, -0.25) is 4.79 Å². The minimum Gasteiger partial charge on any atom is -0.545 e. The fraction of sp³-hybridized carbons (Fsp3) is 0.0625. The van der Waals surface area contributed by atoms with Crippen LogP contribution in [0.25, 0.3) is 10.2 Å². The number of fused-ring (bicyclic) bond motifs is 1. The van der Waals surface area contributed by atoms with Gasteiger partial charge in [0.1, 0.15) is 0 Å². The number of nitrogens with zero attached hydrogens (tertiary/aromatic N) is 1. The van der Waals surface area contributed by atoms with Crippen LogP contribution in [0.1, 0.15) is 10.4 Å². The smallest absolute Gasteiger partial charge is 0.234 e. The van der Waals surface area contributed by atoms with Crippen LogP contribution >= 0.6 is 34.7 Å². The first-order valence-electron chi connectivity index (χ1n) is 6.81. The number of carboxylic acid groups (broad SMARTS) is 1. The Labute approximate surface area is 150 Å². The summed E-state index contributed by atoms with van der Waals surface area (Å²) in [6, 6.07) is 11.3. The van der Waals surface area contributed by atoms with Crippen molar-refractivity contribution in [3.63, 3.8) is 0 Å². The Morgan fingerprint density at radius 3 is 2.67 bits per heavy atom. The van der Waals surface area contributed by atoms with E-state index in [4.69, 9.17) is 11.6 Å². The SMILES string of the molecule is O=C(CSc1nc2cc(Cl)ccc2s1)Nc1ccc(C(=O)[O-])cc1. The molecule has 1 amide bonds. The first-order chi connectivity index (χ1) is 11.5. The van der Waals surface area contributed by atoms with Crippen LogP contribution in [0, 0.1) is 0 Å². The van der Waals surface area contributed by atoms with Crippen LogP contribution < -0.4 is 10.4 Å². The number of carboxylic acids is 1. The summed E-state index contributed by atoms with van der Waals surface area (Å²) >= 11 is 8.77. The van der Waals surface area contributed by atoms with Crippen LogP contribution in [0.3, 0.4) is 0 Å². The second-order valence-electron chi connectivity index (χ2n) is 4.79. The van der Waals surface area contributed by atoms with E-state index in [2.05, 4.69) is 10.3 Å². The molecule has 122 valence electrons. The molecule has 0 aliphatic rings. The van der Waals surface area contributed by atoms with E-state index in [1.54, 1.807) is 12.1 Å². The summed E-state index contributed by atoms with van der Waals surface area (Å²) in [5.74, 6) is -1.24. The lowest BCUT2D eigenvalue weighted by molar-refractivity contribution is -0.255. The highest BCUT2D eigenvalue weighted by molar-refractivity contribution is 8.01. The Hall–Kier alpha value is -2.09. The lowest BCUT2D eigenvalue weighted by Gasteiger charge is -2.06. The van der Waals surface area contributed by atoms with Crippen molar-refractivity contribution in [2.45, 2.75) is 4.34 Å². The summed E-state index contributed by atoms with van der Waals surface area (Å²) in [7, 11) is 0. The van der Waals surface area contributed by atoms with E-state index in [1.807, 2.05) is 6.07 Å².